The fraction of sp³-hybridized carbons (Fsp3) is 0.273. The van der Waals surface area contributed by atoms with Crippen molar-refractivity contribution in [3.05, 3.63) is 28.7 Å². The van der Waals surface area contributed by atoms with Crippen LogP contribution in [0.15, 0.2) is 23.0 Å². The number of anilines is 1. The van der Waals surface area contributed by atoms with Gasteiger partial charge in [-0.2, -0.15) is 0 Å². The first kappa shape index (κ1) is 11.3. The van der Waals surface area contributed by atoms with Gasteiger partial charge in [0.1, 0.15) is 0 Å². The SMILES string of the molecule is CCCNC(=O)Nc1ccc2[nH]c(=O)[nH]c2c1. The molecule has 1 aromatic heterocycles. The van der Waals surface area contributed by atoms with Gasteiger partial charge in [-0.25, -0.2) is 9.59 Å². The zero-order valence-corrected chi connectivity index (χ0v) is 9.46. The number of benzene rings is 1. The third-order valence-corrected chi connectivity index (χ3v) is 2.31. The lowest BCUT2D eigenvalue weighted by molar-refractivity contribution is 0.252. The van der Waals surface area contributed by atoms with Gasteiger partial charge in [0.05, 0.1) is 11.0 Å². The van der Waals surface area contributed by atoms with Gasteiger partial charge in [-0.1, -0.05) is 6.92 Å². The van der Waals surface area contributed by atoms with Gasteiger partial charge in [0, 0.05) is 12.2 Å². The molecule has 2 amide bonds. The minimum atomic E-state index is -0.257. The Morgan fingerprint density at radius 1 is 1.29 bits per heavy atom. The fourth-order valence-corrected chi connectivity index (χ4v) is 1.52. The van der Waals surface area contributed by atoms with Crippen LogP contribution >= 0.6 is 0 Å². The van der Waals surface area contributed by atoms with E-state index in [4.69, 9.17) is 0 Å². The fourth-order valence-electron chi connectivity index (χ4n) is 1.52. The van der Waals surface area contributed by atoms with Crippen LogP contribution in [0, 0.1) is 0 Å². The Morgan fingerprint density at radius 2 is 2.06 bits per heavy atom. The average molecular weight is 234 g/mol. The summed E-state index contributed by atoms with van der Waals surface area (Å²) in [5.41, 5.74) is 1.77. The van der Waals surface area contributed by atoms with Gasteiger partial charge in [0.15, 0.2) is 0 Å². The highest BCUT2D eigenvalue weighted by molar-refractivity contribution is 5.91. The van der Waals surface area contributed by atoms with E-state index in [0.29, 0.717) is 17.7 Å². The van der Waals surface area contributed by atoms with E-state index in [-0.39, 0.29) is 11.7 Å². The second kappa shape index (κ2) is 4.73. The lowest BCUT2D eigenvalue weighted by Gasteiger charge is -2.06. The maximum absolute atomic E-state index is 11.4. The molecule has 0 unspecified atom stereocenters. The first-order valence-electron chi connectivity index (χ1n) is 5.46. The first-order valence-corrected chi connectivity index (χ1v) is 5.46. The molecule has 0 saturated heterocycles. The zero-order valence-electron chi connectivity index (χ0n) is 9.46. The van der Waals surface area contributed by atoms with Gasteiger partial charge in [0.25, 0.3) is 0 Å². The number of imidazole rings is 1. The summed E-state index contributed by atoms with van der Waals surface area (Å²) in [6.07, 6.45) is 0.886. The Kier molecular flexibility index (Phi) is 3.13. The van der Waals surface area contributed by atoms with Crippen LogP contribution < -0.4 is 16.3 Å². The van der Waals surface area contributed by atoms with Crippen LogP contribution in [0.4, 0.5) is 10.5 Å². The summed E-state index contributed by atoms with van der Waals surface area (Å²) >= 11 is 0. The number of fused-ring (bicyclic) bond motifs is 1. The van der Waals surface area contributed by atoms with Crippen molar-refractivity contribution < 1.29 is 4.79 Å². The van der Waals surface area contributed by atoms with Gasteiger partial charge in [-0.15, -0.1) is 0 Å². The summed E-state index contributed by atoms with van der Waals surface area (Å²) in [7, 11) is 0. The van der Waals surface area contributed by atoms with Gasteiger partial charge in [-0.3, -0.25) is 0 Å². The van der Waals surface area contributed by atoms with E-state index < -0.39 is 0 Å². The number of hydrogen-bond donors (Lipinski definition) is 4. The van der Waals surface area contributed by atoms with Crippen LogP contribution in [0.5, 0.6) is 0 Å². The highest BCUT2D eigenvalue weighted by Crippen LogP contribution is 2.14. The summed E-state index contributed by atoms with van der Waals surface area (Å²) in [5, 5.41) is 5.40. The third kappa shape index (κ3) is 2.66. The number of rotatable bonds is 3. The predicted octanol–water partition coefficient (Wildman–Crippen LogP) is 1.39. The number of carbonyl (C=O) groups is 1. The van der Waals surface area contributed by atoms with E-state index in [2.05, 4.69) is 20.6 Å². The molecular formula is C11H14N4O2. The number of aromatic nitrogens is 2. The number of urea groups is 1. The van der Waals surface area contributed by atoms with E-state index in [9.17, 15) is 9.59 Å². The van der Waals surface area contributed by atoms with Crippen molar-refractivity contribution >= 4 is 22.8 Å². The molecule has 4 N–H and O–H groups in total. The van der Waals surface area contributed by atoms with Crippen molar-refractivity contribution in [2.75, 3.05) is 11.9 Å². The molecule has 0 saturated carbocycles. The summed E-state index contributed by atoms with van der Waals surface area (Å²) in [6, 6.07) is 4.93. The van der Waals surface area contributed by atoms with Crippen LogP contribution in [-0.4, -0.2) is 22.5 Å². The van der Waals surface area contributed by atoms with E-state index in [0.717, 1.165) is 11.9 Å². The Bertz CT molecular complexity index is 584. The van der Waals surface area contributed by atoms with E-state index in [1.165, 1.54) is 0 Å². The predicted molar refractivity (Wildman–Crippen MR) is 66.2 cm³/mol. The Balaban J connectivity index is 2.13. The van der Waals surface area contributed by atoms with Crippen molar-refractivity contribution in [1.29, 1.82) is 0 Å². The van der Waals surface area contributed by atoms with Crippen LogP contribution in [-0.2, 0) is 0 Å². The van der Waals surface area contributed by atoms with Gasteiger partial charge in [-0.05, 0) is 24.6 Å². The lowest BCUT2D eigenvalue weighted by atomic mass is 10.3. The highest BCUT2D eigenvalue weighted by atomic mass is 16.2. The van der Waals surface area contributed by atoms with Crippen molar-refractivity contribution in [1.82, 2.24) is 15.3 Å². The molecule has 17 heavy (non-hydrogen) atoms. The average Bonchev–Trinajstić information content (AvgIpc) is 2.65. The first-order chi connectivity index (χ1) is 8.19. The number of carbonyl (C=O) groups excluding carboxylic acids is 1. The van der Waals surface area contributed by atoms with E-state index >= 15 is 0 Å². The molecule has 0 spiro atoms. The summed E-state index contributed by atoms with van der Waals surface area (Å²) < 4.78 is 0. The van der Waals surface area contributed by atoms with Crippen molar-refractivity contribution in [2.24, 2.45) is 0 Å². The quantitative estimate of drug-likeness (QED) is 0.646. The third-order valence-electron chi connectivity index (χ3n) is 2.31. The van der Waals surface area contributed by atoms with Crippen molar-refractivity contribution in [2.45, 2.75) is 13.3 Å². The number of H-pyrrole nitrogens is 2. The number of amides is 2. The molecule has 2 rings (SSSR count). The molecule has 0 atom stereocenters. The molecule has 0 bridgehead atoms. The molecule has 1 aromatic carbocycles. The van der Waals surface area contributed by atoms with Crippen molar-refractivity contribution in [3.8, 4) is 0 Å². The van der Waals surface area contributed by atoms with Crippen LogP contribution in [0.25, 0.3) is 11.0 Å². The Morgan fingerprint density at radius 3 is 2.82 bits per heavy atom. The second-order valence-electron chi connectivity index (χ2n) is 3.72. The van der Waals surface area contributed by atoms with Gasteiger partial charge >= 0.3 is 11.7 Å². The normalized spacial score (nSPS) is 10.4. The second-order valence-corrected chi connectivity index (χ2v) is 3.72. The van der Waals surface area contributed by atoms with Crippen LogP contribution in [0.1, 0.15) is 13.3 Å². The number of aromatic amines is 2. The van der Waals surface area contributed by atoms with Gasteiger partial charge < -0.3 is 20.6 Å². The monoisotopic (exact) mass is 234 g/mol. The topological polar surface area (TPSA) is 89.8 Å². The Labute approximate surface area is 97.4 Å². The molecule has 0 aliphatic carbocycles. The number of hydrogen-bond acceptors (Lipinski definition) is 2. The summed E-state index contributed by atoms with van der Waals surface area (Å²) in [4.78, 5) is 27.7. The molecule has 1 heterocycles. The maximum Gasteiger partial charge on any atom is 0.323 e. The molecule has 0 fully saturated rings. The molecule has 0 aliphatic heterocycles. The highest BCUT2D eigenvalue weighted by Gasteiger charge is 2.03. The Hall–Kier alpha value is -2.24. The summed E-state index contributed by atoms with van der Waals surface area (Å²) in [6.45, 7) is 2.62. The number of nitrogens with one attached hydrogen (secondary N) is 4. The van der Waals surface area contributed by atoms with Gasteiger partial charge in [0.2, 0.25) is 0 Å². The maximum atomic E-state index is 11.4. The zero-order chi connectivity index (χ0) is 12.3. The van der Waals surface area contributed by atoms with Crippen LogP contribution in [0.3, 0.4) is 0 Å². The standard InChI is InChI=1S/C11H14N4O2/c1-2-5-12-10(16)13-7-3-4-8-9(6-7)15-11(17)14-8/h3-4,6H,2,5H2,1H3,(H2,12,13,16)(H2,14,15,17). The molecule has 0 radical (unpaired) electrons. The largest absolute Gasteiger partial charge is 0.338 e. The molecule has 0 aliphatic rings. The van der Waals surface area contributed by atoms with Crippen LogP contribution in [0.2, 0.25) is 0 Å². The molecular weight excluding hydrogens is 220 g/mol. The minimum Gasteiger partial charge on any atom is -0.338 e. The smallest absolute Gasteiger partial charge is 0.323 e. The van der Waals surface area contributed by atoms with Crippen molar-refractivity contribution in [3.63, 3.8) is 0 Å². The molecule has 6 nitrogen and oxygen atoms in total. The molecule has 6 heteroatoms. The molecule has 90 valence electrons. The van der Waals surface area contributed by atoms with E-state index in [1.54, 1.807) is 18.2 Å². The minimum absolute atomic E-state index is 0.246. The summed E-state index contributed by atoms with van der Waals surface area (Å²) in [5.74, 6) is 0. The van der Waals surface area contributed by atoms with E-state index in [1.807, 2.05) is 6.92 Å². The lowest BCUT2D eigenvalue weighted by Crippen LogP contribution is -2.29. The molecule has 2 aromatic rings.